The van der Waals surface area contributed by atoms with Crippen LogP contribution in [0.2, 0.25) is 0 Å². The molecule has 0 aliphatic heterocycles. The minimum Gasteiger partial charge on any atom is -0.387 e. The molecule has 4 heteroatoms. The Kier molecular flexibility index (Phi) is 4.55. The Hall–Kier alpha value is -3.16. The zero-order chi connectivity index (χ0) is 16.9. The highest BCUT2D eigenvalue weighted by Crippen LogP contribution is 2.20. The molecule has 0 bridgehead atoms. The van der Waals surface area contributed by atoms with Crippen molar-refractivity contribution in [3.05, 3.63) is 83.4 Å². The van der Waals surface area contributed by atoms with Crippen LogP contribution < -0.4 is 5.32 Å². The summed E-state index contributed by atoms with van der Waals surface area (Å²) in [5.74, 6) is -0.369. The van der Waals surface area contributed by atoms with Gasteiger partial charge in [-0.1, -0.05) is 48.5 Å². The predicted octanol–water partition coefficient (Wildman–Crippen LogP) is 3.17. The molecule has 0 saturated carbocycles. The fourth-order valence-corrected chi connectivity index (χ4v) is 2.60. The number of benzene rings is 3. The number of hydrogen-bond acceptors (Lipinski definition) is 3. The summed E-state index contributed by atoms with van der Waals surface area (Å²) in [5.41, 5.74) is 1.36. The van der Waals surface area contributed by atoms with Crippen LogP contribution in [0.15, 0.2) is 66.7 Å². The van der Waals surface area contributed by atoms with Gasteiger partial charge in [0.05, 0.1) is 23.3 Å². The third kappa shape index (κ3) is 3.27. The molecule has 3 aromatic carbocycles. The second-order valence-corrected chi connectivity index (χ2v) is 5.49. The molecule has 3 aromatic rings. The van der Waals surface area contributed by atoms with E-state index < -0.39 is 6.10 Å². The number of nitrogens with zero attached hydrogens (tertiary/aromatic N) is 1. The van der Waals surface area contributed by atoms with Gasteiger partial charge in [-0.15, -0.1) is 0 Å². The zero-order valence-corrected chi connectivity index (χ0v) is 12.9. The van der Waals surface area contributed by atoms with Crippen LogP contribution in [0.5, 0.6) is 0 Å². The van der Waals surface area contributed by atoms with Crippen molar-refractivity contribution in [3.63, 3.8) is 0 Å². The largest absolute Gasteiger partial charge is 0.387 e. The molecule has 0 heterocycles. The van der Waals surface area contributed by atoms with E-state index in [1.807, 2.05) is 48.5 Å². The van der Waals surface area contributed by atoms with Gasteiger partial charge in [-0.3, -0.25) is 4.79 Å². The zero-order valence-electron chi connectivity index (χ0n) is 12.9. The van der Waals surface area contributed by atoms with Gasteiger partial charge in [0.2, 0.25) is 0 Å². The molecule has 0 spiro atoms. The highest BCUT2D eigenvalue weighted by molar-refractivity contribution is 5.96. The average Bonchev–Trinajstić information content (AvgIpc) is 2.65. The van der Waals surface area contributed by atoms with Crippen molar-refractivity contribution in [2.75, 3.05) is 6.54 Å². The molecule has 0 saturated heterocycles. The normalized spacial score (nSPS) is 11.7. The van der Waals surface area contributed by atoms with Crippen molar-refractivity contribution >= 4 is 16.7 Å². The number of aliphatic hydroxyl groups is 1. The first-order valence-corrected chi connectivity index (χ1v) is 7.63. The van der Waals surface area contributed by atoms with E-state index in [1.54, 1.807) is 24.3 Å². The molecular formula is C20H16N2O2. The van der Waals surface area contributed by atoms with Gasteiger partial charge < -0.3 is 10.4 Å². The summed E-state index contributed by atoms with van der Waals surface area (Å²) in [6, 6.07) is 22.2. The molecule has 1 amide bonds. The Labute approximate surface area is 140 Å². The lowest BCUT2D eigenvalue weighted by molar-refractivity contribution is 0.0916. The standard InChI is InChI=1S/C20H16N2O2/c21-12-17-7-3-4-8-18(17)20(24)22-13-19(23)16-10-9-14-5-1-2-6-15(14)11-16/h1-11,19,23H,13H2,(H,22,24). The van der Waals surface area contributed by atoms with Crippen molar-refractivity contribution in [1.82, 2.24) is 5.32 Å². The van der Waals surface area contributed by atoms with E-state index >= 15 is 0 Å². The summed E-state index contributed by atoms with van der Waals surface area (Å²) in [6.45, 7) is 0.0803. The van der Waals surface area contributed by atoms with Crippen LogP contribution in [0.25, 0.3) is 10.8 Å². The maximum Gasteiger partial charge on any atom is 0.252 e. The average molecular weight is 316 g/mol. The Morgan fingerprint density at radius 1 is 1.04 bits per heavy atom. The second kappa shape index (κ2) is 6.95. The highest BCUT2D eigenvalue weighted by atomic mass is 16.3. The van der Waals surface area contributed by atoms with E-state index in [0.717, 1.165) is 16.3 Å². The first-order chi connectivity index (χ1) is 11.7. The third-order valence-electron chi connectivity index (χ3n) is 3.91. The predicted molar refractivity (Wildman–Crippen MR) is 92.4 cm³/mol. The number of fused-ring (bicyclic) bond motifs is 1. The Morgan fingerprint density at radius 3 is 2.54 bits per heavy atom. The van der Waals surface area contributed by atoms with Gasteiger partial charge in [0.15, 0.2) is 0 Å². The van der Waals surface area contributed by atoms with E-state index in [1.165, 1.54) is 0 Å². The molecule has 0 aliphatic carbocycles. The van der Waals surface area contributed by atoms with Gasteiger partial charge >= 0.3 is 0 Å². The van der Waals surface area contributed by atoms with Crippen LogP contribution in [-0.4, -0.2) is 17.6 Å². The molecule has 2 N–H and O–H groups in total. The van der Waals surface area contributed by atoms with Crippen molar-refractivity contribution in [2.24, 2.45) is 0 Å². The molecule has 0 aromatic heterocycles. The van der Waals surface area contributed by atoms with Gasteiger partial charge in [0.1, 0.15) is 0 Å². The van der Waals surface area contributed by atoms with Crippen LogP contribution in [0.4, 0.5) is 0 Å². The maximum atomic E-state index is 12.2. The minimum absolute atomic E-state index is 0.0803. The van der Waals surface area contributed by atoms with Gasteiger partial charge in [0, 0.05) is 6.54 Å². The topological polar surface area (TPSA) is 73.1 Å². The number of rotatable bonds is 4. The molecule has 0 radical (unpaired) electrons. The summed E-state index contributed by atoms with van der Waals surface area (Å²) in [6.07, 6.45) is -0.812. The molecular weight excluding hydrogens is 300 g/mol. The molecule has 118 valence electrons. The van der Waals surface area contributed by atoms with Gasteiger partial charge in [-0.25, -0.2) is 0 Å². The van der Waals surface area contributed by atoms with Crippen LogP contribution in [0.3, 0.4) is 0 Å². The molecule has 24 heavy (non-hydrogen) atoms. The molecule has 1 atom stereocenters. The summed E-state index contributed by atoms with van der Waals surface area (Å²) >= 11 is 0. The maximum absolute atomic E-state index is 12.2. The molecule has 4 nitrogen and oxygen atoms in total. The summed E-state index contributed by atoms with van der Waals surface area (Å²) in [7, 11) is 0. The summed E-state index contributed by atoms with van der Waals surface area (Å²) in [5, 5.41) is 24.2. The minimum atomic E-state index is -0.812. The van der Waals surface area contributed by atoms with Gasteiger partial charge in [-0.05, 0) is 34.5 Å². The monoisotopic (exact) mass is 316 g/mol. The SMILES string of the molecule is N#Cc1ccccc1C(=O)NCC(O)c1ccc2ccccc2c1. The van der Waals surface area contributed by atoms with E-state index in [4.69, 9.17) is 5.26 Å². The van der Waals surface area contributed by atoms with E-state index in [9.17, 15) is 9.90 Å². The van der Waals surface area contributed by atoms with Gasteiger partial charge in [-0.2, -0.15) is 5.26 Å². The van der Waals surface area contributed by atoms with Crippen molar-refractivity contribution in [1.29, 1.82) is 5.26 Å². The van der Waals surface area contributed by atoms with Crippen molar-refractivity contribution < 1.29 is 9.90 Å². The first kappa shape index (κ1) is 15.7. The quantitative estimate of drug-likeness (QED) is 0.776. The lowest BCUT2D eigenvalue weighted by Crippen LogP contribution is -2.28. The molecule has 0 fully saturated rings. The smallest absolute Gasteiger partial charge is 0.252 e. The fraction of sp³-hybridized carbons (Fsp3) is 0.100. The fourth-order valence-electron chi connectivity index (χ4n) is 2.60. The van der Waals surface area contributed by atoms with Crippen molar-refractivity contribution in [2.45, 2.75) is 6.10 Å². The molecule has 1 unspecified atom stereocenters. The Bertz CT molecular complexity index is 928. The summed E-state index contributed by atoms with van der Waals surface area (Å²) in [4.78, 5) is 12.2. The number of amides is 1. The number of carbonyl (C=O) groups is 1. The van der Waals surface area contributed by atoms with E-state index in [0.29, 0.717) is 11.1 Å². The Morgan fingerprint density at radius 2 is 1.75 bits per heavy atom. The lowest BCUT2D eigenvalue weighted by atomic mass is 10.0. The van der Waals surface area contributed by atoms with E-state index in [-0.39, 0.29) is 12.5 Å². The first-order valence-electron chi connectivity index (χ1n) is 7.63. The van der Waals surface area contributed by atoms with Crippen LogP contribution in [0.1, 0.15) is 27.6 Å². The van der Waals surface area contributed by atoms with Gasteiger partial charge in [0.25, 0.3) is 5.91 Å². The number of carbonyl (C=O) groups excluding carboxylic acids is 1. The van der Waals surface area contributed by atoms with E-state index in [2.05, 4.69) is 5.32 Å². The van der Waals surface area contributed by atoms with Crippen LogP contribution in [-0.2, 0) is 0 Å². The number of nitriles is 1. The highest BCUT2D eigenvalue weighted by Gasteiger charge is 2.13. The Balaban J connectivity index is 1.71. The second-order valence-electron chi connectivity index (χ2n) is 5.49. The molecule has 3 rings (SSSR count). The number of hydrogen-bond donors (Lipinski definition) is 2. The number of nitrogens with one attached hydrogen (secondary N) is 1. The van der Waals surface area contributed by atoms with Crippen LogP contribution >= 0.6 is 0 Å². The van der Waals surface area contributed by atoms with Crippen molar-refractivity contribution in [3.8, 4) is 6.07 Å². The molecule has 0 aliphatic rings. The lowest BCUT2D eigenvalue weighted by Gasteiger charge is -2.13. The summed E-state index contributed by atoms with van der Waals surface area (Å²) < 4.78 is 0. The number of aliphatic hydroxyl groups excluding tert-OH is 1. The third-order valence-corrected chi connectivity index (χ3v) is 3.91. The van der Waals surface area contributed by atoms with Crippen LogP contribution in [0, 0.1) is 11.3 Å².